The fourth-order valence-corrected chi connectivity index (χ4v) is 13.0. The van der Waals surface area contributed by atoms with Crippen molar-refractivity contribution in [3.8, 4) is 104 Å². The lowest BCUT2D eigenvalue weighted by molar-refractivity contribution is 1.67. The van der Waals surface area contributed by atoms with Crippen LogP contribution in [0.25, 0.3) is 104 Å². The van der Waals surface area contributed by atoms with Gasteiger partial charge in [-0.15, -0.1) is 68.0 Å². The van der Waals surface area contributed by atoms with E-state index >= 15 is 0 Å². The van der Waals surface area contributed by atoms with Crippen molar-refractivity contribution < 1.29 is 0 Å². The molecule has 0 bridgehead atoms. The van der Waals surface area contributed by atoms with Crippen LogP contribution in [-0.2, 0) is 0 Å². The molecule has 0 saturated heterocycles. The van der Waals surface area contributed by atoms with Gasteiger partial charge in [-0.25, -0.2) is 0 Å². The average molecular weight is 875 g/mol. The largest absolute Gasteiger partial charge is 0.144 e. The number of benzene rings is 5. The van der Waals surface area contributed by atoms with Crippen LogP contribution >= 0.6 is 68.0 Å². The maximum absolute atomic E-state index is 2.26. The second kappa shape index (κ2) is 16.4. The average Bonchev–Trinajstić information content (AvgIpc) is 4.18. The maximum atomic E-state index is 2.26. The highest BCUT2D eigenvalue weighted by Crippen LogP contribution is 2.41. The zero-order chi connectivity index (χ0) is 39.8. The molecule has 6 aromatic heterocycles. The molecular weight excluding hydrogens is 841 g/mol. The van der Waals surface area contributed by atoms with Gasteiger partial charge in [0, 0.05) is 48.8 Å². The van der Waals surface area contributed by atoms with E-state index in [2.05, 4.69) is 205 Å². The van der Waals surface area contributed by atoms with Gasteiger partial charge in [-0.1, -0.05) is 133 Å². The molecule has 6 heterocycles. The van der Waals surface area contributed by atoms with Gasteiger partial charge in [-0.2, -0.15) is 0 Å². The molecule has 0 nitrogen and oxygen atoms in total. The second-order valence-electron chi connectivity index (χ2n) is 14.5. The van der Waals surface area contributed by atoms with Crippen molar-refractivity contribution in [2.45, 2.75) is 0 Å². The summed E-state index contributed by atoms with van der Waals surface area (Å²) in [5, 5.41) is 4.26. The molecule has 0 aliphatic carbocycles. The van der Waals surface area contributed by atoms with E-state index in [1.54, 1.807) is 22.7 Å². The van der Waals surface area contributed by atoms with Gasteiger partial charge < -0.3 is 0 Å². The Hall–Kier alpha value is -5.70. The molecule has 0 unspecified atom stereocenters. The highest BCUT2D eigenvalue weighted by molar-refractivity contribution is 7.20. The van der Waals surface area contributed by atoms with E-state index in [1.165, 1.54) is 104 Å². The molecule has 11 aromatic rings. The van der Waals surface area contributed by atoms with Crippen molar-refractivity contribution in [2.24, 2.45) is 0 Å². The molecule has 0 radical (unpaired) electrons. The summed E-state index contributed by atoms with van der Waals surface area (Å²) in [5.41, 5.74) is 12.6. The van der Waals surface area contributed by atoms with Crippen LogP contribution in [0.3, 0.4) is 0 Å². The molecule has 60 heavy (non-hydrogen) atoms. The summed E-state index contributed by atoms with van der Waals surface area (Å²) in [4.78, 5) is 12.9. The van der Waals surface area contributed by atoms with Crippen LogP contribution in [0.1, 0.15) is 0 Å². The lowest BCUT2D eigenvalue weighted by atomic mass is 10.1. The van der Waals surface area contributed by atoms with Gasteiger partial charge in [0.1, 0.15) is 0 Å². The van der Waals surface area contributed by atoms with Crippen LogP contribution in [0.2, 0.25) is 0 Å². The first kappa shape index (κ1) is 37.3. The summed E-state index contributed by atoms with van der Waals surface area (Å²) in [7, 11) is 0. The van der Waals surface area contributed by atoms with E-state index < -0.39 is 0 Å². The summed E-state index contributed by atoms with van der Waals surface area (Å²) in [6.45, 7) is 0. The van der Waals surface area contributed by atoms with Crippen LogP contribution in [0, 0.1) is 0 Å². The fraction of sp³-hybridized carbons (Fsp3) is 0. The third-order valence-corrected chi connectivity index (χ3v) is 17.3. The Morgan fingerprint density at radius 3 is 0.483 bits per heavy atom. The van der Waals surface area contributed by atoms with Crippen molar-refractivity contribution in [3.05, 3.63) is 205 Å². The molecule has 286 valence electrons. The normalized spacial score (nSPS) is 11.3. The van der Waals surface area contributed by atoms with E-state index in [1.807, 2.05) is 45.3 Å². The van der Waals surface area contributed by atoms with Gasteiger partial charge in [0.2, 0.25) is 0 Å². The van der Waals surface area contributed by atoms with E-state index in [-0.39, 0.29) is 0 Å². The van der Waals surface area contributed by atoms with Crippen molar-refractivity contribution >= 4 is 68.0 Å². The first-order chi connectivity index (χ1) is 29.7. The standard InChI is InChI=1S/C54H34S6/c1-3-45(55-33-1)35-5-9-37(10-6-35)47-25-27-49(57-47)39-13-17-41(18-14-39)51-29-31-53(59-51)43-21-23-44(24-22-43)54-32-30-52(60-54)42-19-15-40(16-20-42)50-28-26-48(58-50)38-11-7-36(8-12-38)46-4-2-34-56-46/h1-34H. The molecule has 0 amide bonds. The number of thiophene rings is 6. The summed E-state index contributed by atoms with van der Waals surface area (Å²) in [6.07, 6.45) is 0. The molecule has 0 aliphatic heterocycles. The van der Waals surface area contributed by atoms with Crippen molar-refractivity contribution in [1.82, 2.24) is 0 Å². The van der Waals surface area contributed by atoms with Gasteiger partial charge >= 0.3 is 0 Å². The highest BCUT2D eigenvalue weighted by Gasteiger charge is 2.12. The predicted molar refractivity (Wildman–Crippen MR) is 268 cm³/mol. The fourth-order valence-electron chi connectivity index (χ4n) is 7.47. The minimum Gasteiger partial charge on any atom is -0.144 e. The van der Waals surface area contributed by atoms with Crippen LogP contribution in [-0.4, -0.2) is 0 Å². The minimum atomic E-state index is 1.25. The minimum absolute atomic E-state index is 1.25. The first-order valence-electron chi connectivity index (χ1n) is 19.7. The summed E-state index contributed by atoms with van der Waals surface area (Å²) in [6, 6.07) is 71.6. The van der Waals surface area contributed by atoms with E-state index in [0.29, 0.717) is 0 Å². The highest BCUT2D eigenvalue weighted by atomic mass is 32.1. The van der Waals surface area contributed by atoms with Crippen LogP contribution in [0.4, 0.5) is 0 Å². The molecule has 0 aliphatic rings. The predicted octanol–water partition coefficient (Wildman–Crippen LogP) is 18.7. The molecule has 11 rings (SSSR count). The second-order valence-corrected chi connectivity index (χ2v) is 20.7. The Bertz CT molecular complexity index is 2910. The number of hydrogen-bond donors (Lipinski definition) is 0. The Morgan fingerprint density at radius 1 is 0.167 bits per heavy atom. The van der Waals surface area contributed by atoms with Gasteiger partial charge in [0.25, 0.3) is 0 Å². The molecule has 0 spiro atoms. The molecule has 0 N–H and O–H groups in total. The third-order valence-electron chi connectivity index (χ3n) is 10.7. The van der Waals surface area contributed by atoms with Gasteiger partial charge in [0.15, 0.2) is 0 Å². The van der Waals surface area contributed by atoms with E-state index in [4.69, 9.17) is 0 Å². The lowest BCUT2D eigenvalue weighted by Gasteiger charge is -2.03. The van der Waals surface area contributed by atoms with Crippen molar-refractivity contribution in [3.63, 3.8) is 0 Å². The SMILES string of the molecule is c1csc(-c2ccc(-c3ccc(-c4ccc(-c5ccc(-c6ccc(-c7ccc(-c8ccc(-c9ccc(-c%10ccc(-c%11cccs%11)cc%10)s9)cc8)s7)cc6)s5)cc4)s3)cc2)c1. The van der Waals surface area contributed by atoms with Crippen LogP contribution < -0.4 is 0 Å². The van der Waals surface area contributed by atoms with Gasteiger partial charge in [-0.05, 0) is 127 Å². The van der Waals surface area contributed by atoms with Crippen molar-refractivity contribution in [1.29, 1.82) is 0 Å². The van der Waals surface area contributed by atoms with Gasteiger partial charge in [0.05, 0.1) is 0 Å². The Labute approximate surface area is 374 Å². The quantitative estimate of drug-likeness (QED) is 0.128. The third kappa shape index (κ3) is 7.63. The smallest absolute Gasteiger partial charge is 0.0349 e. The summed E-state index contributed by atoms with van der Waals surface area (Å²) < 4.78 is 0. The molecule has 0 saturated carbocycles. The van der Waals surface area contributed by atoms with Gasteiger partial charge in [-0.3, -0.25) is 0 Å². The first-order valence-corrected chi connectivity index (χ1v) is 24.7. The Morgan fingerprint density at radius 2 is 0.333 bits per heavy atom. The monoisotopic (exact) mass is 874 g/mol. The van der Waals surface area contributed by atoms with Crippen molar-refractivity contribution in [2.75, 3.05) is 0 Å². The van der Waals surface area contributed by atoms with E-state index in [0.717, 1.165) is 0 Å². The molecular formula is C54H34S6. The van der Waals surface area contributed by atoms with Crippen LogP contribution in [0.15, 0.2) is 205 Å². The molecule has 0 fully saturated rings. The molecule has 5 aromatic carbocycles. The Balaban J connectivity index is 0.729. The lowest BCUT2D eigenvalue weighted by Crippen LogP contribution is -1.75. The number of rotatable bonds is 10. The topological polar surface area (TPSA) is 0 Å². The number of hydrogen-bond acceptors (Lipinski definition) is 6. The zero-order valence-electron chi connectivity index (χ0n) is 32.1. The maximum Gasteiger partial charge on any atom is 0.0349 e. The van der Waals surface area contributed by atoms with Crippen LogP contribution in [0.5, 0.6) is 0 Å². The zero-order valence-corrected chi connectivity index (χ0v) is 37.0. The van der Waals surface area contributed by atoms with E-state index in [9.17, 15) is 0 Å². The summed E-state index contributed by atoms with van der Waals surface area (Å²) in [5.74, 6) is 0. The Kier molecular flexibility index (Phi) is 10.2. The molecule has 6 heteroatoms. The molecule has 0 atom stereocenters. The summed E-state index contributed by atoms with van der Waals surface area (Å²) >= 11 is 11.0.